The first-order valence-corrected chi connectivity index (χ1v) is 4.07. The number of ether oxygens (including phenoxy) is 1. The second-order valence-corrected chi connectivity index (χ2v) is 3.30. The molecule has 0 aromatic carbocycles. The molecule has 72 valence electrons. The number of rotatable bonds is 6. The minimum absolute atomic E-state index is 0.0515. The standard InChI is InChI=1S/C8H17NO3/c1-6(2)3-7(9)4-12-5-8(10)11/h6-7H,3-5,9H2,1-2H3,(H,10,11)/t7-/m0/s1. The zero-order chi connectivity index (χ0) is 9.56. The molecule has 0 aliphatic heterocycles. The van der Waals surface area contributed by atoms with Crippen molar-refractivity contribution in [2.75, 3.05) is 13.2 Å². The van der Waals surface area contributed by atoms with E-state index in [4.69, 9.17) is 15.6 Å². The van der Waals surface area contributed by atoms with E-state index in [1.165, 1.54) is 0 Å². The third-order valence-electron chi connectivity index (χ3n) is 1.33. The molecule has 4 nitrogen and oxygen atoms in total. The molecule has 0 spiro atoms. The van der Waals surface area contributed by atoms with Gasteiger partial charge < -0.3 is 15.6 Å². The van der Waals surface area contributed by atoms with Gasteiger partial charge in [-0.3, -0.25) is 0 Å². The zero-order valence-corrected chi connectivity index (χ0v) is 7.62. The molecule has 0 unspecified atom stereocenters. The minimum Gasteiger partial charge on any atom is -0.480 e. The fraction of sp³-hybridized carbons (Fsp3) is 0.875. The van der Waals surface area contributed by atoms with Crippen LogP contribution in [-0.2, 0) is 9.53 Å². The Morgan fingerprint density at radius 3 is 2.58 bits per heavy atom. The van der Waals surface area contributed by atoms with E-state index in [1.54, 1.807) is 0 Å². The van der Waals surface area contributed by atoms with Gasteiger partial charge in [-0.1, -0.05) is 13.8 Å². The summed E-state index contributed by atoms with van der Waals surface area (Å²) in [5.74, 6) is -0.430. The van der Waals surface area contributed by atoms with Gasteiger partial charge in [-0.15, -0.1) is 0 Å². The van der Waals surface area contributed by atoms with E-state index in [2.05, 4.69) is 13.8 Å². The summed E-state index contributed by atoms with van der Waals surface area (Å²) in [6, 6.07) is -0.0515. The van der Waals surface area contributed by atoms with Crippen molar-refractivity contribution in [3.8, 4) is 0 Å². The second kappa shape index (κ2) is 5.97. The molecule has 0 saturated heterocycles. The maximum atomic E-state index is 10.0. The van der Waals surface area contributed by atoms with Gasteiger partial charge in [0.25, 0.3) is 0 Å². The molecule has 12 heavy (non-hydrogen) atoms. The van der Waals surface area contributed by atoms with E-state index in [0.29, 0.717) is 12.5 Å². The lowest BCUT2D eigenvalue weighted by molar-refractivity contribution is -0.142. The van der Waals surface area contributed by atoms with Crippen molar-refractivity contribution >= 4 is 5.97 Å². The Balaban J connectivity index is 3.31. The molecule has 0 aliphatic rings. The van der Waals surface area contributed by atoms with Gasteiger partial charge in [-0.05, 0) is 12.3 Å². The molecule has 0 bridgehead atoms. The predicted molar refractivity (Wildman–Crippen MR) is 45.9 cm³/mol. The van der Waals surface area contributed by atoms with E-state index in [0.717, 1.165) is 6.42 Å². The zero-order valence-electron chi connectivity index (χ0n) is 7.62. The molecule has 0 aliphatic carbocycles. The Labute approximate surface area is 72.7 Å². The first kappa shape index (κ1) is 11.4. The maximum Gasteiger partial charge on any atom is 0.329 e. The Bertz CT molecular complexity index is 136. The van der Waals surface area contributed by atoms with Crippen molar-refractivity contribution in [2.24, 2.45) is 11.7 Å². The monoisotopic (exact) mass is 175 g/mol. The van der Waals surface area contributed by atoms with E-state index in [9.17, 15) is 4.79 Å². The van der Waals surface area contributed by atoms with Gasteiger partial charge in [-0.25, -0.2) is 4.79 Å². The van der Waals surface area contributed by atoms with Crippen molar-refractivity contribution in [1.82, 2.24) is 0 Å². The molecule has 4 heteroatoms. The molecule has 0 fully saturated rings. The number of carbonyl (C=O) groups is 1. The smallest absolute Gasteiger partial charge is 0.329 e. The molecule has 0 rings (SSSR count). The van der Waals surface area contributed by atoms with Crippen LogP contribution in [0, 0.1) is 5.92 Å². The van der Waals surface area contributed by atoms with Crippen LogP contribution in [0.25, 0.3) is 0 Å². The van der Waals surface area contributed by atoms with Crippen molar-refractivity contribution in [2.45, 2.75) is 26.3 Å². The fourth-order valence-corrected chi connectivity index (χ4v) is 0.971. The summed E-state index contributed by atoms with van der Waals surface area (Å²) in [5.41, 5.74) is 5.64. The summed E-state index contributed by atoms with van der Waals surface area (Å²) in [4.78, 5) is 10.0. The largest absolute Gasteiger partial charge is 0.480 e. The Morgan fingerprint density at radius 1 is 1.58 bits per heavy atom. The van der Waals surface area contributed by atoms with Crippen LogP contribution in [-0.4, -0.2) is 30.3 Å². The number of aliphatic carboxylic acids is 1. The summed E-state index contributed by atoms with van der Waals surface area (Å²) >= 11 is 0. The van der Waals surface area contributed by atoms with E-state index >= 15 is 0 Å². The first-order valence-electron chi connectivity index (χ1n) is 4.07. The maximum absolute atomic E-state index is 10.0. The molecule has 0 aromatic heterocycles. The van der Waals surface area contributed by atoms with Gasteiger partial charge >= 0.3 is 5.97 Å². The minimum atomic E-state index is -0.952. The summed E-state index contributed by atoms with van der Waals surface area (Å²) in [7, 11) is 0. The fourth-order valence-electron chi connectivity index (χ4n) is 0.971. The number of carboxylic acid groups (broad SMARTS) is 1. The summed E-state index contributed by atoms with van der Waals surface area (Å²) in [6.07, 6.45) is 0.861. The van der Waals surface area contributed by atoms with Crippen molar-refractivity contribution in [1.29, 1.82) is 0 Å². The van der Waals surface area contributed by atoms with Gasteiger partial charge in [0.1, 0.15) is 6.61 Å². The summed E-state index contributed by atoms with van der Waals surface area (Å²) in [6.45, 7) is 4.20. The van der Waals surface area contributed by atoms with Crippen molar-refractivity contribution in [3.63, 3.8) is 0 Å². The van der Waals surface area contributed by atoms with Crippen LogP contribution in [0.2, 0.25) is 0 Å². The van der Waals surface area contributed by atoms with Crippen LogP contribution >= 0.6 is 0 Å². The van der Waals surface area contributed by atoms with Crippen LogP contribution < -0.4 is 5.73 Å². The van der Waals surface area contributed by atoms with Crippen LogP contribution in [0.4, 0.5) is 0 Å². The third-order valence-corrected chi connectivity index (χ3v) is 1.33. The molecule has 3 N–H and O–H groups in total. The van der Waals surface area contributed by atoms with E-state index < -0.39 is 5.97 Å². The highest BCUT2D eigenvalue weighted by molar-refractivity contribution is 5.67. The first-order chi connectivity index (χ1) is 5.52. The summed E-state index contributed by atoms with van der Waals surface area (Å²) < 4.78 is 4.83. The van der Waals surface area contributed by atoms with E-state index in [-0.39, 0.29) is 12.6 Å². The highest BCUT2D eigenvalue weighted by Gasteiger charge is 2.06. The highest BCUT2D eigenvalue weighted by atomic mass is 16.5. The van der Waals surface area contributed by atoms with Crippen LogP contribution in [0.15, 0.2) is 0 Å². The van der Waals surface area contributed by atoms with Crippen molar-refractivity contribution in [3.05, 3.63) is 0 Å². The average Bonchev–Trinajstić information content (AvgIpc) is 1.84. The molecular weight excluding hydrogens is 158 g/mol. The Kier molecular flexibility index (Phi) is 5.66. The lowest BCUT2D eigenvalue weighted by Crippen LogP contribution is -2.28. The van der Waals surface area contributed by atoms with Gasteiger partial charge in [0, 0.05) is 6.04 Å². The lowest BCUT2D eigenvalue weighted by Gasteiger charge is -2.12. The topological polar surface area (TPSA) is 72.5 Å². The molecule has 0 radical (unpaired) electrons. The normalized spacial score (nSPS) is 13.3. The Hall–Kier alpha value is -0.610. The van der Waals surface area contributed by atoms with Gasteiger partial charge in [0.2, 0.25) is 0 Å². The van der Waals surface area contributed by atoms with Crippen LogP contribution in [0.5, 0.6) is 0 Å². The number of nitrogens with two attached hydrogens (primary N) is 1. The lowest BCUT2D eigenvalue weighted by atomic mass is 10.1. The Morgan fingerprint density at radius 2 is 2.17 bits per heavy atom. The van der Waals surface area contributed by atoms with Gasteiger partial charge in [0.05, 0.1) is 6.61 Å². The summed E-state index contributed by atoms with van der Waals surface area (Å²) in [5, 5.41) is 8.24. The predicted octanol–water partition coefficient (Wildman–Crippen LogP) is 0.461. The van der Waals surface area contributed by atoms with Crippen LogP contribution in [0.3, 0.4) is 0 Å². The number of hydrogen-bond donors (Lipinski definition) is 2. The molecule has 0 amide bonds. The third kappa shape index (κ3) is 7.50. The number of carboxylic acids is 1. The molecule has 0 aromatic rings. The van der Waals surface area contributed by atoms with Crippen molar-refractivity contribution < 1.29 is 14.6 Å². The molecular formula is C8H17NO3. The van der Waals surface area contributed by atoms with Gasteiger partial charge in [-0.2, -0.15) is 0 Å². The average molecular weight is 175 g/mol. The van der Waals surface area contributed by atoms with Crippen LogP contribution in [0.1, 0.15) is 20.3 Å². The quantitative estimate of drug-likeness (QED) is 0.615. The molecule has 0 heterocycles. The van der Waals surface area contributed by atoms with Gasteiger partial charge in [0.15, 0.2) is 0 Å². The second-order valence-electron chi connectivity index (χ2n) is 3.30. The molecule has 1 atom stereocenters. The SMILES string of the molecule is CC(C)C[C@H](N)COCC(=O)O. The number of hydrogen-bond acceptors (Lipinski definition) is 3. The highest BCUT2D eigenvalue weighted by Crippen LogP contribution is 2.02. The van der Waals surface area contributed by atoms with E-state index in [1.807, 2.05) is 0 Å². The molecule has 0 saturated carbocycles.